The summed E-state index contributed by atoms with van der Waals surface area (Å²) in [5, 5.41) is 57.3. The van der Waals surface area contributed by atoms with Crippen LogP contribution in [0.1, 0.15) is 109 Å². The summed E-state index contributed by atoms with van der Waals surface area (Å²) in [5.41, 5.74) is 17.0. The zero-order valence-corrected chi connectivity index (χ0v) is 52.3. The first-order valence-corrected chi connectivity index (χ1v) is 30.4. The number of methoxy groups -OCH3 is 1. The maximum atomic E-state index is 14.7. The van der Waals surface area contributed by atoms with Crippen LogP contribution in [0.2, 0.25) is 0 Å². The third-order valence-electron chi connectivity index (χ3n) is 15.0. The van der Waals surface area contributed by atoms with E-state index >= 15 is 0 Å². The molecule has 9 amide bonds. The van der Waals surface area contributed by atoms with Gasteiger partial charge < -0.3 is 79.3 Å². The number of primary amides is 1. The molecule has 1 unspecified atom stereocenters. The second-order valence-electron chi connectivity index (χ2n) is 22.4. The van der Waals surface area contributed by atoms with Crippen LogP contribution in [0.4, 0.5) is 17.1 Å². The van der Waals surface area contributed by atoms with Crippen LogP contribution in [0.5, 0.6) is 11.5 Å². The topological polar surface area (TPSA) is 486 Å². The molecule has 0 spiro atoms. The Labute approximate surface area is 530 Å². The monoisotopic (exact) mass is 1290 g/mol. The van der Waals surface area contributed by atoms with Gasteiger partial charge in [-0.3, -0.25) is 63.4 Å². The van der Waals surface area contributed by atoms with E-state index in [1.54, 1.807) is 52.0 Å². The van der Waals surface area contributed by atoms with E-state index in [2.05, 4.69) is 47.9 Å². The molecule has 4 rings (SSSR count). The van der Waals surface area contributed by atoms with Gasteiger partial charge in [0, 0.05) is 49.6 Å². The van der Waals surface area contributed by atoms with Crippen LogP contribution in [0.15, 0.2) is 75.9 Å². The number of hydrogen-bond acceptors (Lipinski definition) is 20. The number of nitrogens with two attached hydrogens (primary N) is 3. The van der Waals surface area contributed by atoms with Crippen LogP contribution < -0.4 is 75.4 Å². The van der Waals surface area contributed by atoms with Crippen molar-refractivity contribution >= 4 is 81.2 Å². The van der Waals surface area contributed by atoms with E-state index in [0.717, 1.165) is 12.1 Å². The van der Waals surface area contributed by atoms with E-state index in [-0.39, 0.29) is 94.6 Å². The zero-order chi connectivity index (χ0) is 68.0. The molecule has 31 nitrogen and oxygen atoms in total. The average molecular weight is 1290 g/mol. The number of nitrogens with zero attached hydrogens (tertiary/aromatic N) is 2. The van der Waals surface area contributed by atoms with Crippen molar-refractivity contribution in [1.82, 2.24) is 42.5 Å². The fourth-order valence-electron chi connectivity index (χ4n) is 9.54. The highest BCUT2D eigenvalue weighted by Gasteiger charge is 2.35. The van der Waals surface area contributed by atoms with Crippen molar-refractivity contribution in [3.05, 3.63) is 109 Å². The largest absolute Gasteiger partial charge is 0.508 e. The Balaban J connectivity index is 1.58. The Morgan fingerprint density at radius 3 is 1.84 bits per heavy atom. The molecule has 16 N–H and O–H groups in total. The number of non-ortho nitro benzene ring substituents is 1. The van der Waals surface area contributed by atoms with Gasteiger partial charge in [-0.1, -0.05) is 46.2 Å². The number of fused-ring (bicyclic) bond motifs is 1. The molecule has 0 fully saturated rings. The molecule has 7 atom stereocenters. The molecule has 0 aliphatic carbocycles. The second kappa shape index (κ2) is 38.0. The maximum absolute atomic E-state index is 14.7. The number of aromatic hydroxyl groups is 1. The Hall–Kier alpha value is -9.78. The third kappa shape index (κ3) is 24.9. The lowest BCUT2D eigenvalue weighted by Gasteiger charge is -2.30. The molecule has 0 aliphatic heterocycles. The van der Waals surface area contributed by atoms with Crippen LogP contribution in [0.25, 0.3) is 11.0 Å². The van der Waals surface area contributed by atoms with Crippen LogP contribution in [0, 0.1) is 32.1 Å². The number of carbonyl (C=O) groups excluding carboxylic acids is 9. The number of ether oxygens (including phenoxy) is 1. The van der Waals surface area contributed by atoms with Crippen molar-refractivity contribution in [2.75, 3.05) is 45.2 Å². The summed E-state index contributed by atoms with van der Waals surface area (Å²) in [6.07, 6.45) is 1.22. The first kappa shape index (κ1) is 74.7. The van der Waals surface area contributed by atoms with E-state index in [9.17, 15) is 73.3 Å². The molecule has 0 aliphatic rings. The number of phenols is 1. The summed E-state index contributed by atoms with van der Waals surface area (Å²) in [5.74, 6) is -7.27. The number of rotatable bonds is 41. The number of nitro benzene ring substituents is 2. The number of carbonyl (C=O) groups is 9. The number of amides is 9. The summed E-state index contributed by atoms with van der Waals surface area (Å²) < 4.78 is 10.5. The molecule has 0 bridgehead atoms. The number of anilines is 1. The minimum absolute atomic E-state index is 0.00333. The molecular weight excluding hydrogens is 1200 g/mol. The van der Waals surface area contributed by atoms with Crippen LogP contribution in [-0.2, 0) is 56.0 Å². The van der Waals surface area contributed by atoms with Gasteiger partial charge in [-0.25, -0.2) is 4.79 Å². The molecule has 1 aromatic heterocycles. The molecule has 4 aromatic rings. The normalized spacial score (nSPS) is 13.3. The number of unbranched alkanes of at least 4 members (excludes halogenated alkanes) is 3. The van der Waals surface area contributed by atoms with Gasteiger partial charge in [-0.05, 0) is 124 Å². The minimum atomic E-state index is -1.51. The molecule has 502 valence electrons. The average Bonchev–Trinajstić information content (AvgIpc) is 0.984. The van der Waals surface area contributed by atoms with Crippen molar-refractivity contribution in [3.8, 4) is 11.5 Å². The highest BCUT2D eigenvalue weighted by molar-refractivity contribution is 5.97. The van der Waals surface area contributed by atoms with Gasteiger partial charge in [0.1, 0.15) is 53.0 Å². The molecule has 0 radical (unpaired) electrons. The van der Waals surface area contributed by atoms with E-state index in [0.29, 0.717) is 54.4 Å². The summed E-state index contributed by atoms with van der Waals surface area (Å²) in [6, 6.07) is 7.13. The minimum Gasteiger partial charge on any atom is -0.508 e. The van der Waals surface area contributed by atoms with Crippen LogP contribution in [0.3, 0.4) is 0 Å². The number of nitrogens with one attached hydrogen (secondary N) is 9. The van der Waals surface area contributed by atoms with Gasteiger partial charge in [0.25, 0.3) is 11.4 Å². The number of benzene rings is 3. The molecular formula is C61H86N14O17. The fourth-order valence-corrected chi connectivity index (χ4v) is 9.54. The molecule has 92 heavy (non-hydrogen) atoms. The summed E-state index contributed by atoms with van der Waals surface area (Å²) >= 11 is 0. The van der Waals surface area contributed by atoms with Crippen LogP contribution in [-0.4, -0.2) is 144 Å². The highest BCUT2D eigenvalue weighted by atomic mass is 16.6. The van der Waals surface area contributed by atoms with Crippen LogP contribution >= 0.6 is 0 Å². The van der Waals surface area contributed by atoms with E-state index < -0.39 is 135 Å². The molecule has 31 heteroatoms. The standard InChI is InChI=1S/C61H86N14O17/c1-6-36(4)55(60(85)68-34-50(64)77)73-61(86)54(35(2)3)72-59(84)46(13-7-9-25-62)71-57(82)45(14-8-10-27-67-52(79)30-38-31-53(80)92-49-33-41(91-5)20-21-42(38)49)70-58(83)47(69-56(81)43(63)29-37-15-18-40(76)19-16-37)23-24-51(78)66-28-12-11-26-65-44-22-17-39(74(87)88)32-48(44)75(89)90/h15-22,31-33,35-36,43,45-47,54-55,65,76H,6-14,23-30,34,62-63H2,1-5H3,(H2,64,77)(H,66,78)(H,67,79)(H,68,85)(H,69,81)(H,70,83)(H,71,82)(H,72,84)(H,73,86)/t36?,43-,45-,46-,47-,54-,55-/m0/s1. The van der Waals surface area contributed by atoms with Crippen molar-refractivity contribution < 1.29 is 67.3 Å². The van der Waals surface area contributed by atoms with Crippen molar-refractivity contribution in [3.63, 3.8) is 0 Å². The van der Waals surface area contributed by atoms with Gasteiger partial charge >= 0.3 is 5.63 Å². The molecule has 1 heterocycles. The highest BCUT2D eigenvalue weighted by Crippen LogP contribution is 2.29. The predicted octanol–water partition coefficient (Wildman–Crippen LogP) is 1.37. The number of phenolic OH excluding ortho intramolecular Hbond substituents is 1. The molecule has 3 aromatic carbocycles. The SMILES string of the molecule is CCC(C)[C@H](NC(=O)[C@@H](NC(=O)[C@H](CCCCN)NC(=O)[C@H](CCCCNC(=O)Cc1cc(=O)oc2cc(OC)ccc12)NC(=O)[C@H](CCC(=O)NCCCCNc1ccc([N+](=O)[O-])cc1[N+](=O)[O-])NC(=O)[C@@H](N)Cc1ccc(O)cc1)C(C)C)C(=O)NCC(N)=O. The van der Waals surface area contributed by atoms with Gasteiger partial charge in [0.05, 0.1) is 42.0 Å². The Kier molecular flexibility index (Phi) is 30.9. The molecule has 0 saturated heterocycles. The van der Waals surface area contributed by atoms with Crippen molar-refractivity contribution in [1.29, 1.82) is 0 Å². The lowest BCUT2D eigenvalue weighted by molar-refractivity contribution is -0.393. The lowest BCUT2D eigenvalue weighted by Crippen LogP contribution is -2.61. The van der Waals surface area contributed by atoms with Gasteiger partial charge in [-0.15, -0.1) is 0 Å². The summed E-state index contributed by atoms with van der Waals surface area (Å²) in [7, 11) is 1.45. The smallest absolute Gasteiger partial charge is 0.336 e. The van der Waals surface area contributed by atoms with E-state index in [1.807, 2.05) is 0 Å². The Morgan fingerprint density at radius 1 is 0.652 bits per heavy atom. The third-order valence-corrected chi connectivity index (χ3v) is 15.0. The fraction of sp³-hybridized carbons (Fsp3) is 0.508. The summed E-state index contributed by atoms with van der Waals surface area (Å²) in [4.78, 5) is 157. The predicted molar refractivity (Wildman–Crippen MR) is 338 cm³/mol. The zero-order valence-electron chi connectivity index (χ0n) is 52.3. The lowest BCUT2D eigenvalue weighted by atomic mass is 9.96. The Morgan fingerprint density at radius 2 is 1.24 bits per heavy atom. The number of hydrogen-bond donors (Lipinski definition) is 13. The second-order valence-corrected chi connectivity index (χ2v) is 22.4. The van der Waals surface area contributed by atoms with E-state index in [4.69, 9.17) is 26.4 Å². The summed E-state index contributed by atoms with van der Waals surface area (Å²) in [6.45, 7) is 6.90. The molecule has 0 saturated carbocycles. The van der Waals surface area contributed by atoms with Crippen molar-refractivity contribution in [2.45, 2.75) is 147 Å². The van der Waals surface area contributed by atoms with Crippen molar-refractivity contribution in [2.24, 2.45) is 29.0 Å². The number of nitro groups is 2. The quantitative estimate of drug-likeness (QED) is 0.0129. The first-order valence-electron chi connectivity index (χ1n) is 30.4. The van der Waals surface area contributed by atoms with E-state index in [1.165, 1.54) is 37.4 Å². The Bertz CT molecular complexity index is 3270. The van der Waals surface area contributed by atoms with Gasteiger partial charge in [-0.2, -0.15) is 0 Å². The van der Waals surface area contributed by atoms with Gasteiger partial charge in [0.2, 0.25) is 53.2 Å². The van der Waals surface area contributed by atoms with Gasteiger partial charge in [0.15, 0.2) is 0 Å². The first-order chi connectivity index (χ1) is 43.7. The maximum Gasteiger partial charge on any atom is 0.336 e.